The first-order chi connectivity index (χ1) is 12.5. The highest BCUT2D eigenvalue weighted by atomic mass is 35.5. The average Bonchev–Trinajstić information content (AvgIpc) is 3.07. The number of nitrogens with two attached hydrogens (primary N) is 1. The molecule has 1 heterocycles. The van der Waals surface area contributed by atoms with E-state index in [1.807, 2.05) is 66.4 Å². The molecule has 0 bridgehead atoms. The van der Waals surface area contributed by atoms with Gasteiger partial charge in [0.15, 0.2) is 0 Å². The highest BCUT2D eigenvalue weighted by Gasteiger charge is 2.38. The summed E-state index contributed by atoms with van der Waals surface area (Å²) in [4.78, 5) is 17.2. The maximum atomic E-state index is 13.3. The third kappa shape index (κ3) is 5.40. The monoisotopic (exact) mass is 443 g/mol. The zero-order chi connectivity index (χ0) is 18.7. The van der Waals surface area contributed by atoms with E-state index >= 15 is 0 Å². The second-order valence-corrected chi connectivity index (χ2v) is 7.61. The fourth-order valence-electron chi connectivity index (χ4n) is 3.88. The number of likely N-dealkylation sites (N-methyl/N-ethyl adjacent to an activating group) is 1. The number of hydrogen-bond donors (Lipinski definition) is 1. The van der Waals surface area contributed by atoms with Gasteiger partial charge < -0.3 is 10.6 Å². The summed E-state index contributed by atoms with van der Waals surface area (Å²) in [6.45, 7) is 1.97. The maximum absolute atomic E-state index is 13.3. The molecule has 0 spiro atoms. The zero-order valence-corrected chi connectivity index (χ0v) is 18.5. The summed E-state index contributed by atoms with van der Waals surface area (Å²) in [5.74, 6) is 0.671. The van der Waals surface area contributed by atoms with Crippen LogP contribution in [0.1, 0.15) is 23.1 Å². The van der Waals surface area contributed by atoms with E-state index in [-0.39, 0.29) is 48.6 Å². The largest absolute Gasteiger partial charge is 0.340 e. The van der Waals surface area contributed by atoms with Crippen LogP contribution in [0.4, 0.5) is 0 Å². The van der Waals surface area contributed by atoms with Crippen molar-refractivity contribution in [1.29, 1.82) is 0 Å². The third-order valence-corrected chi connectivity index (χ3v) is 5.43. The van der Waals surface area contributed by atoms with E-state index in [1.165, 1.54) is 5.56 Å². The summed E-state index contributed by atoms with van der Waals surface area (Å²) in [5, 5.41) is 0.644. The minimum Gasteiger partial charge on any atom is -0.340 e. The van der Waals surface area contributed by atoms with Crippen molar-refractivity contribution < 1.29 is 4.79 Å². The number of nitrogens with zero attached hydrogens (tertiary/aromatic N) is 2. The molecule has 0 aromatic heterocycles. The van der Waals surface area contributed by atoms with Gasteiger partial charge in [0.1, 0.15) is 6.04 Å². The van der Waals surface area contributed by atoms with Crippen molar-refractivity contribution in [3.63, 3.8) is 0 Å². The summed E-state index contributed by atoms with van der Waals surface area (Å²) in [6.07, 6.45) is 0. The van der Waals surface area contributed by atoms with Crippen molar-refractivity contribution in [3.05, 3.63) is 70.7 Å². The van der Waals surface area contributed by atoms with Gasteiger partial charge in [-0.05, 0) is 49.8 Å². The number of likely N-dealkylation sites (tertiary alicyclic amines) is 1. The summed E-state index contributed by atoms with van der Waals surface area (Å²) >= 11 is 6.15. The lowest BCUT2D eigenvalue weighted by Crippen LogP contribution is -2.39. The van der Waals surface area contributed by atoms with Crippen molar-refractivity contribution in [3.8, 4) is 0 Å². The van der Waals surface area contributed by atoms with E-state index in [4.69, 9.17) is 17.3 Å². The number of hydrogen-bond acceptors (Lipinski definition) is 3. The average molecular weight is 445 g/mol. The van der Waals surface area contributed by atoms with Crippen LogP contribution in [-0.4, -0.2) is 49.4 Å². The molecule has 28 heavy (non-hydrogen) atoms. The SMILES string of the molecule is CN(C)C(C(=O)N1C[C@@H](CN)[C@H](c2ccccc2)C1)c1cccc(Cl)c1.Cl.Cl. The molecule has 1 unspecified atom stereocenters. The Morgan fingerprint density at radius 1 is 1.14 bits per heavy atom. The molecule has 3 atom stereocenters. The highest BCUT2D eigenvalue weighted by Crippen LogP contribution is 2.34. The van der Waals surface area contributed by atoms with E-state index in [9.17, 15) is 4.79 Å². The summed E-state index contributed by atoms with van der Waals surface area (Å²) in [6, 6.07) is 17.6. The fourth-order valence-corrected chi connectivity index (χ4v) is 4.08. The highest BCUT2D eigenvalue weighted by molar-refractivity contribution is 6.30. The predicted molar refractivity (Wildman–Crippen MR) is 121 cm³/mol. The van der Waals surface area contributed by atoms with Crippen LogP contribution in [0.25, 0.3) is 0 Å². The lowest BCUT2D eigenvalue weighted by molar-refractivity contribution is -0.135. The van der Waals surface area contributed by atoms with Crippen LogP contribution in [-0.2, 0) is 4.79 Å². The van der Waals surface area contributed by atoms with E-state index < -0.39 is 0 Å². The Balaban J connectivity index is 0.00000196. The molecule has 2 aromatic rings. The van der Waals surface area contributed by atoms with Crippen LogP contribution >= 0.6 is 36.4 Å². The predicted octanol–water partition coefficient (Wildman–Crippen LogP) is 3.99. The van der Waals surface area contributed by atoms with Gasteiger partial charge in [0.2, 0.25) is 5.91 Å². The Morgan fingerprint density at radius 2 is 1.82 bits per heavy atom. The van der Waals surface area contributed by atoms with Gasteiger partial charge in [-0.3, -0.25) is 9.69 Å². The standard InChI is InChI=1S/C21H26ClN3O.2ClH/c1-24(2)20(16-9-6-10-18(22)11-16)21(26)25-13-17(12-23)19(14-25)15-7-4-3-5-8-15;;/h3-11,17,19-20H,12-14,23H2,1-2H3;2*1H/t17-,19+,20?;;/m1../s1. The Morgan fingerprint density at radius 3 is 2.39 bits per heavy atom. The lowest BCUT2D eigenvalue weighted by Gasteiger charge is -2.28. The van der Waals surface area contributed by atoms with Gasteiger partial charge in [0, 0.05) is 24.0 Å². The van der Waals surface area contributed by atoms with Gasteiger partial charge in [-0.25, -0.2) is 0 Å². The summed E-state index contributed by atoms with van der Waals surface area (Å²) < 4.78 is 0. The number of amides is 1. The number of rotatable bonds is 5. The molecule has 1 aliphatic heterocycles. The Labute approximate surface area is 184 Å². The minimum atomic E-state index is -0.346. The normalized spacial score (nSPS) is 19.7. The van der Waals surface area contributed by atoms with Crippen LogP contribution in [0.15, 0.2) is 54.6 Å². The van der Waals surface area contributed by atoms with Crippen molar-refractivity contribution in [2.45, 2.75) is 12.0 Å². The molecule has 7 heteroatoms. The van der Waals surface area contributed by atoms with Crippen LogP contribution in [0, 0.1) is 5.92 Å². The third-order valence-electron chi connectivity index (χ3n) is 5.20. The molecule has 1 aliphatic rings. The molecular formula is C21H28Cl3N3O. The van der Waals surface area contributed by atoms with Gasteiger partial charge >= 0.3 is 0 Å². The van der Waals surface area contributed by atoms with Gasteiger partial charge in [-0.1, -0.05) is 54.1 Å². The number of benzene rings is 2. The molecule has 1 saturated heterocycles. The number of carbonyl (C=O) groups excluding carboxylic acids is 1. The van der Waals surface area contributed by atoms with Crippen molar-refractivity contribution >= 4 is 42.3 Å². The first kappa shape index (κ1) is 24.7. The van der Waals surface area contributed by atoms with Crippen molar-refractivity contribution in [1.82, 2.24) is 9.80 Å². The Kier molecular flexibility index (Phi) is 9.75. The molecule has 0 saturated carbocycles. The molecule has 3 rings (SSSR count). The summed E-state index contributed by atoms with van der Waals surface area (Å²) in [7, 11) is 3.85. The van der Waals surface area contributed by atoms with Gasteiger partial charge in [0.25, 0.3) is 0 Å². The summed E-state index contributed by atoms with van der Waals surface area (Å²) in [5.41, 5.74) is 8.19. The lowest BCUT2D eigenvalue weighted by atomic mass is 9.89. The van der Waals surface area contributed by atoms with Crippen molar-refractivity contribution in [2.24, 2.45) is 11.7 Å². The second kappa shape index (κ2) is 11.0. The van der Waals surface area contributed by atoms with E-state index in [1.54, 1.807) is 0 Å². The molecular weight excluding hydrogens is 417 g/mol. The smallest absolute Gasteiger partial charge is 0.244 e. The molecule has 2 aromatic carbocycles. The van der Waals surface area contributed by atoms with Gasteiger partial charge in [-0.2, -0.15) is 0 Å². The van der Waals surface area contributed by atoms with E-state index in [0.717, 1.165) is 5.56 Å². The zero-order valence-electron chi connectivity index (χ0n) is 16.1. The van der Waals surface area contributed by atoms with E-state index in [2.05, 4.69) is 12.1 Å². The molecule has 154 valence electrons. The first-order valence-corrected chi connectivity index (χ1v) is 9.34. The fraction of sp³-hybridized carbons (Fsp3) is 0.381. The quantitative estimate of drug-likeness (QED) is 0.758. The molecule has 4 nitrogen and oxygen atoms in total. The molecule has 2 N–H and O–H groups in total. The van der Waals surface area contributed by atoms with E-state index in [0.29, 0.717) is 24.7 Å². The molecule has 1 amide bonds. The van der Waals surface area contributed by atoms with Crippen LogP contribution in [0.3, 0.4) is 0 Å². The van der Waals surface area contributed by atoms with Gasteiger partial charge in [-0.15, -0.1) is 24.8 Å². The molecule has 0 radical (unpaired) electrons. The number of carbonyl (C=O) groups is 1. The van der Waals surface area contributed by atoms with Crippen LogP contribution in [0.5, 0.6) is 0 Å². The number of halogens is 3. The topological polar surface area (TPSA) is 49.6 Å². The first-order valence-electron chi connectivity index (χ1n) is 8.97. The van der Waals surface area contributed by atoms with Gasteiger partial charge in [0.05, 0.1) is 0 Å². The molecule has 1 fully saturated rings. The Bertz CT molecular complexity index is 758. The minimum absolute atomic E-state index is 0. The Hall–Kier alpha value is -1.30. The van der Waals surface area contributed by atoms with Crippen LogP contribution in [0.2, 0.25) is 5.02 Å². The van der Waals surface area contributed by atoms with Crippen LogP contribution < -0.4 is 5.73 Å². The maximum Gasteiger partial charge on any atom is 0.244 e. The molecule has 0 aliphatic carbocycles. The second-order valence-electron chi connectivity index (χ2n) is 7.18. The van der Waals surface area contributed by atoms with Crippen molar-refractivity contribution in [2.75, 3.05) is 33.7 Å².